The molecule has 1 aliphatic rings. The van der Waals surface area contributed by atoms with Crippen LogP contribution in [-0.4, -0.2) is 7.85 Å². The highest BCUT2D eigenvalue weighted by atomic mass is 14.4. The zero-order valence-corrected chi connectivity index (χ0v) is 16.1. The monoisotopic (exact) mass is 354 g/mol. The van der Waals surface area contributed by atoms with Crippen LogP contribution in [-0.2, 0) is 5.41 Å². The minimum atomic E-state index is -0.0285. The molecule has 0 spiro atoms. The molecular weight excluding hydrogens is 335 g/mol. The summed E-state index contributed by atoms with van der Waals surface area (Å²) in [6, 6.07) is 28.7. The second kappa shape index (κ2) is 5.26. The lowest BCUT2D eigenvalue weighted by molar-refractivity contribution is 0.661. The smallest absolute Gasteiger partial charge is 0.0960 e. The van der Waals surface area contributed by atoms with Crippen LogP contribution in [0.4, 0.5) is 0 Å². The quantitative estimate of drug-likeness (QED) is 0.228. The normalized spacial score (nSPS) is 14.5. The van der Waals surface area contributed by atoms with Gasteiger partial charge in [0.25, 0.3) is 0 Å². The van der Waals surface area contributed by atoms with Gasteiger partial charge in [0.1, 0.15) is 7.85 Å². The van der Waals surface area contributed by atoms with Crippen molar-refractivity contribution < 1.29 is 0 Å². The van der Waals surface area contributed by atoms with Crippen molar-refractivity contribution in [2.45, 2.75) is 19.3 Å². The van der Waals surface area contributed by atoms with E-state index < -0.39 is 0 Å². The summed E-state index contributed by atoms with van der Waals surface area (Å²) in [5, 5.41) is 7.93. The van der Waals surface area contributed by atoms with Crippen LogP contribution >= 0.6 is 0 Å². The van der Waals surface area contributed by atoms with Gasteiger partial charge in [0, 0.05) is 5.41 Å². The Morgan fingerprint density at radius 2 is 1.04 bits per heavy atom. The fourth-order valence-corrected chi connectivity index (χ4v) is 5.17. The van der Waals surface area contributed by atoms with Gasteiger partial charge in [-0.05, 0) is 66.7 Å². The van der Waals surface area contributed by atoms with Crippen LogP contribution in [0.2, 0.25) is 0 Å². The van der Waals surface area contributed by atoms with Gasteiger partial charge in [-0.25, -0.2) is 0 Å². The van der Waals surface area contributed by atoms with Crippen molar-refractivity contribution in [2.75, 3.05) is 0 Å². The Balaban J connectivity index is 1.86. The van der Waals surface area contributed by atoms with Crippen LogP contribution in [0.15, 0.2) is 78.9 Å². The summed E-state index contributed by atoms with van der Waals surface area (Å²) in [4.78, 5) is 0. The van der Waals surface area contributed by atoms with E-state index in [1.807, 2.05) is 6.07 Å². The van der Waals surface area contributed by atoms with Crippen molar-refractivity contribution in [3.05, 3.63) is 90.0 Å². The number of benzene rings is 5. The minimum absolute atomic E-state index is 0.0285. The Labute approximate surface area is 166 Å². The van der Waals surface area contributed by atoms with E-state index in [1.54, 1.807) is 0 Å². The molecule has 5 aromatic rings. The first kappa shape index (κ1) is 16.0. The summed E-state index contributed by atoms with van der Waals surface area (Å²) in [5.41, 5.74) is 6.14. The van der Waals surface area contributed by atoms with Gasteiger partial charge in [0.05, 0.1) is 0 Å². The zero-order chi connectivity index (χ0) is 19.0. The van der Waals surface area contributed by atoms with E-state index >= 15 is 0 Å². The van der Waals surface area contributed by atoms with Gasteiger partial charge in [0.15, 0.2) is 0 Å². The van der Waals surface area contributed by atoms with Crippen LogP contribution in [0.25, 0.3) is 43.4 Å². The lowest BCUT2D eigenvalue weighted by Gasteiger charge is -2.22. The Bertz CT molecular complexity index is 1440. The SMILES string of the molecule is [B]c1ccc2c(c1)-c1cc3c4ccccc4c4ccccc4c3cc1C2(C)C. The molecule has 0 bridgehead atoms. The van der Waals surface area contributed by atoms with Crippen molar-refractivity contribution in [3.8, 4) is 11.1 Å². The molecule has 5 aromatic carbocycles. The van der Waals surface area contributed by atoms with Gasteiger partial charge < -0.3 is 0 Å². The number of fused-ring (bicyclic) bond motifs is 9. The molecule has 0 unspecified atom stereocenters. The topological polar surface area (TPSA) is 0 Å². The summed E-state index contributed by atoms with van der Waals surface area (Å²) in [7, 11) is 6.15. The summed E-state index contributed by atoms with van der Waals surface area (Å²) < 4.78 is 0. The van der Waals surface area contributed by atoms with Crippen molar-refractivity contribution >= 4 is 45.6 Å². The molecule has 1 heteroatoms. The fourth-order valence-electron chi connectivity index (χ4n) is 5.17. The van der Waals surface area contributed by atoms with Gasteiger partial charge in [0.2, 0.25) is 0 Å². The average molecular weight is 354 g/mol. The number of hydrogen-bond acceptors (Lipinski definition) is 0. The van der Waals surface area contributed by atoms with Crippen LogP contribution < -0.4 is 5.46 Å². The molecular formula is C27H19B. The predicted octanol–water partition coefficient (Wildman–Crippen LogP) is 6.25. The third kappa shape index (κ3) is 1.92. The van der Waals surface area contributed by atoms with Gasteiger partial charge in [-0.15, -0.1) is 0 Å². The third-order valence-corrected chi connectivity index (χ3v) is 6.56. The van der Waals surface area contributed by atoms with E-state index in [0.29, 0.717) is 0 Å². The third-order valence-electron chi connectivity index (χ3n) is 6.56. The second-order valence-corrected chi connectivity index (χ2v) is 8.46. The Kier molecular flexibility index (Phi) is 3.00. The maximum absolute atomic E-state index is 6.15. The maximum Gasteiger partial charge on any atom is 0.113 e. The van der Waals surface area contributed by atoms with Crippen molar-refractivity contribution in [1.82, 2.24) is 0 Å². The Hall–Kier alpha value is -3.06. The molecule has 2 radical (unpaired) electrons. The molecule has 0 saturated carbocycles. The zero-order valence-electron chi connectivity index (χ0n) is 16.1. The van der Waals surface area contributed by atoms with Gasteiger partial charge in [-0.2, -0.15) is 0 Å². The lowest BCUT2D eigenvalue weighted by atomic mass is 9.80. The van der Waals surface area contributed by atoms with Crippen LogP contribution in [0, 0.1) is 0 Å². The molecule has 1 aliphatic carbocycles. The standard InChI is InChI=1S/C27H19B/c1-27(2)25-12-11-16(28)13-23(25)24-14-21-19-9-5-3-7-17(19)18-8-4-6-10-20(18)22(21)15-26(24)27/h3-15H,1-2H3. The van der Waals surface area contributed by atoms with E-state index in [4.69, 9.17) is 7.85 Å². The molecule has 0 nitrogen and oxygen atoms in total. The van der Waals surface area contributed by atoms with Gasteiger partial charge in [-0.3, -0.25) is 0 Å². The summed E-state index contributed by atoms with van der Waals surface area (Å²) in [6.45, 7) is 4.64. The molecule has 0 amide bonds. The largest absolute Gasteiger partial charge is 0.113 e. The maximum atomic E-state index is 6.15. The van der Waals surface area contributed by atoms with E-state index in [2.05, 4.69) is 86.6 Å². The van der Waals surface area contributed by atoms with Crippen LogP contribution in [0.1, 0.15) is 25.0 Å². The molecule has 130 valence electrons. The van der Waals surface area contributed by atoms with Crippen molar-refractivity contribution in [2.24, 2.45) is 0 Å². The summed E-state index contributed by atoms with van der Waals surface area (Å²) >= 11 is 0. The lowest BCUT2D eigenvalue weighted by Crippen LogP contribution is -2.15. The Morgan fingerprint density at radius 3 is 1.64 bits per heavy atom. The van der Waals surface area contributed by atoms with E-state index in [-0.39, 0.29) is 5.41 Å². The summed E-state index contributed by atoms with van der Waals surface area (Å²) in [5.74, 6) is 0. The summed E-state index contributed by atoms with van der Waals surface area (Å²) in [6.07, 6.45) is 0. The molecule has 28 heavy (non-hydrogen) atoms. The number of rotatable bonds is 0. The fraction of sp³-hybridized carbons (Fsp3) is 0.111. The molecule has 0 heterocycles. The molecule has 0 saturated heterocycles. The van der Waals surface area contributed by atoms with Crippen LogP contribution in [0.5, 0.6) is 0 Å². The number of hydrogen-bond donors (Lipinski definition) is 0. The first-order valence-electron chi connectivity index (χ1n) is 9.84. The highest BCUT2D eigenvalue weighted by molar-refractivity contribution is 6.33. The minimum Gasteiger partial charge on any atom is -0.0960 e. The molecule has 0 fully saturated rings. The predicted molar refractivity (Wildman–Crippen MR) is 122 cm³/mol. The molecule has 6 rings (SSSR count). The van der Waals surface area contributed by atoms with E-state index in [0.717, 1.165) is 5.46 Å². The Morgan fingerprint density at radius 1 is 0.536 bits per heavy atom. The highest BCUT2D eigenvalue weighted by Crippen LogP contribution is 2.50. The van der Waals surface area contributed by atoms with Gasteiger partial charge in [-0.1, -0.05) is 86.0 Å². The van der Waals surface area contributed by atoms with Gasteiger partial charge >= 0.3 is 0 Å². The van der Waals surface area contributed by atoms with E-state index in [9.17, 15) is 0 Å². The molecule has 0 aliphatic heterocycles. The molecule has 0 atom stereocenters. The first-order valence-corrected chi connectivity index (χ1v) is 9.84. The second-order valence-electron chi connectivity index (χ2n) is 8.46. The van der Waals surface area contributed by atoms with Crippen molar-refractivity contribution in [3.63, 3.8) is 0 Å². The van der Waals surface area contributed by atoms with E-state index in [1.165, 1.54) is 54.6 Å². The van der Waals surface area contributed by atoms with Crippen LogP contribution in [0.3, 0.4) is 0 Å². The average Bonchev–Trinajstić information content (AvgIpc) is 2.93. The molecule has 0 aromatic heterocycles. The highest BCUT2D eigenvalue weighted by Gasteiger charge is 2.35. The first-order chi connectivity index (χ1) is 13.6. The van der Waals surface area contributed by atoms with Crippen molar-refractivity contribution in [1.29, 1.82) is 0 Å². The molecule has 0 N–H and O–H groups in total.